The highest BCUT2D eigenvalue weighted by Crippen LogP contribution is 2.73. The summed E-state index contributed by atoms with van der Waals surface area (Å²) in [5, 5.41) is 8.25. The van der Waals surface area contributed by atoms with E-state index in [2.05, 4.69) is 49.4 Å². The molecule has 0 radical (unpaired) electrons. The van der Waals surface area contributed by atoms with Crippen molar-refractivity contribution in [1.29, 1.82) is 0 Å². The average molecular weight is 193 g/mol. The summed E-state index contributed by atoms with van der Waals surface area (Å²) >= 11 is 0. The Hall–Kier alpha value is -0.860. The van der Waals surface area contributed by atoms with Crippen LogP contribution in [0.2, 0.25) is 0 Å². The normalized spacial score (nSPS) is 23.8. The third kappa shape index (κ3) is 0.983. The Morgan fingerprint density at radius 1 is 1.29 bits per heavy atom. The Bertz CT molecular complexity index is 335. The SMILES string of the molecule is CCn1cnnc1C1C(C)(C)C1(C)C. The standard InChI is InChI=1S/C11H19N3/c1-6-14-7-12-13-9(14)8-10(2,3)11(8,4)5/h7-8H,6H2,1-5H3. The molecule has 0 bridgehead atoms. The highest BCUT2D eigenvalue weighted by atomic mass is 15.3. The monoisotopic (exact) mass is 193 g/mol. The summed E-state index contributed by atoms with van der Waals surface area (Å²) in [4.78, 5) is 0. The zero-order valence-electron chi connectivity index (χ0n) is 9.70. The van der Waals surface area contributed by atoms with Crippen molar-refractivity contribution in [3.63, 3.8) is 0 Å². The molecule has 0 N–H and O–H groups in total. The highest BCUT2D eigenvalue weighted by molar-refractivity contribution is 5.26. The van der Waals surface area contributed by atoms with Gasteiger partial charge in [-0.05, 0) is 17.8 Å². The van der Waals surface area contributed by atoms with Crippen LogP contribution in [0.25, 0.3) is 0 Å². The lowest BCUT2D eigenvalue weighted by Gasteiger charge is -2.03. The zero-order chi connectivity index (χ0) is 10.6. The van der Waals surface area contributed by atoms with Crippen LogP contribution < -0.4 is 0 Å². The first-order valence-corrected chi connectivity index (χ1v) is 5.30. The fourth-order valence-electron chi connectivity index (χ4n) is 2.57. The minimum Gasteiger partial charge on any atom is -0.318 e. The van der Waals surface area contributed by atoms with Gasteiger partial charge in [0.15, 0.2) is 0 Å². The van der Waals surface area contributed by atoms with Crippen LogP contribution in [0.15, 0.2) is 6.33 Å². The van der Waals surface area contributed by atoms with Crippen molar-refractivity contribution in [1.82, 2.24) is 14.8 Å². The predicted molar refractivity (Wildman–Crippen MR) is 56.0 cm³/mol. The summed E-state index contributed by atoms with van der Waals surface area (Å²) in [6, 6.07) is 0. The summed E-state index contributed by atoms with van der Waals surface area (Å²) in [7, 11) is 0. The van der Waals surface area contributed by atoms with E-state index < -0.39 is 0 Å². The van der Waals surface area contributed by atoms with E-state index in [0.29, 0.717) is 16.7 Å². The van der Waals surface area contributed by atoms with Crippen molar-refractivity contribution in [2.45, 2.75) is 47.1 Å². The van der Waals surface area contributed by atoms with Gasteiger partial charge < -0.3 is 4.57 Å². The van der Waals surface area contributed by atoms with Crippen molar-refractivity contribution >= 4 is 0 Å². The van der Waals surface area contributed by atoms with E-state index in [1.807, 2.05) is 6.33 Å². The summed E-state index contributed by atoms with van der Waals surface area (Å²) in [6.45, 7) is 12.3. The molecule has 0 unspecified atom stereocenters. The van der Waals surface area contributed by atoms with Gasteiger partial charge in [-0.25, -0.2) is 0 Å². The van der Waals surface area contributed by atoms with E-state index in [9.17, 15) is 0 Å². The van der Waals surface area contributed by atoms with E-state index in [0.717, 1.165) is 12.4 Å². The molecular weight excluding hydrogens is 174 g/mol. The number of hydrogen-bond donors (Lipinski definition) is 0. The maximum absolute atomic E-state index is 4.25. The molecule has 1 aromatic rings. The second-order valence-electron chi connectivity index (χ2n) is 5.35. The Kier molecular flexibility index (Phi) is 1.79. The number of hydrogen-bond acceptors (Lipinski definition) is 2. The molecule has 0 atom stereocenters. The van der Waals surface area contributed by atoms with Crippen LogP contribution in [-0.2, 0) is 6.54 Å². The van der Waals surface area contributed by atoms with E-state index in [1.165, 1.54) is 0 Å². The molecule has 0 spiro atoms. The fourth-order valence-corrected chi connectivity index (χ4v) is 2.57. The lowest BCUT2D eigenvalue weighted by atomic mass is 10.0. The Balaban J connectivity index is 2.36. The highest BCUT2D eigenvalue weighted by Gasteiger charge is 2.67. The molecule has 1 fully saturated rings. The van der Waals surface area contributed by atoms with Crippen LogP contribution in [0.4, 0.5) is 0 Å². The van der Waals surface area contributed by atoms with E-state index in [-0.39, 0.29) is 0 Å². The largest absolute Gasteiger partial charge is 0.318 e. The summed E-state index contributed by atoms with van der Waals surface area (Å²) < 4.78 is 2.15. The van der Waals surface area contributed by atoms with E-state index in [1.54, 1.807) is 0 Å². The van der Waals surface area contributed by atoms with Crippen molar-refractivity contribution < 1.29 is 0 Å². The Labute approximate surface area is 85.5 Å². The number of rotatable bonds is 2. The molecule has 0 aromatic carbocycles. The molecule has 2 rings (SSSR count). The zero-order valence-corrected chi connectivity index (χ0v) is 9.70. The Morgan fingerprint density at radius 3 is 2.29 bits per heavy atom. The molecule has 1 aromatic heterocycles. The fraction of sp³-hybridized carbons (Fsp3) is 0.818. The van der Waals surface area contributed by atoms with E-state index in [4.69, 9.17) is 0 Å². The maximum atomic E-state index is 4.25. The first-order chi connectivity index (χ1) is 6.43. The first kappa shape index (κ1) is 9.69. The van der Waals surface area contributed by atoms with Gasteiger partial charge in [-0.3, -0.25) is 0 Å². The van der Waals surface area contributed by atoms with Crippen LogP contribution in [-0.4, -0.2) is 14.8 Å². The first-order valence-electron chi connectivity index (χ1n) is 5.30. The van der Waals surface area contributed by atoms with Crippen molar-refractivity contribution in [3.05, 3.63) is 12.2 Å². The number of aromatic nitrogens is 3. The molecule has 0 saturated heterocycles. The molecule has 78 valence electrons. The van der Waals surface area contributed by atoms with Gasteiger partial charge in [0, 0.05) is 12.5 Å². The van der Waals surface area contributed by atoms with Crippen molar-refractivity contribution in [3.8, 4) is 0 Å². The van der Waals surface area contributed by atoms with Gasteiger partial charge in [-0.15, -0.1) is 10.2 Å². The van der Waals surface area contributed by atoms with Crippen LogP contribution in [0.1, 0.15) is 46.4 Å². The quantitative estimate of drug-likeness (QED) is 0.722. The molecule has 0 amide bonds. The molecule has 0 aliphatic heterocycles. The molecular formula is C11H19N3. The summed E-state index contributed by atoms with van der Waals surface area (Å²) in [5.41, 5.74) is 0.708. The summed E-state index contributed by atoms with van der Waals surface area (Å²) in [6.07, 6.45) is 1.83. The minimum absolute atomic E-state index is 0.354. The third-order valence-corrected chi connectivity index (χ3v) is 4.27. The molecule has 1 saturated carbocycles. The van der Waals surface area contributed by atoms with Gasteiger partial charge in [0.2, 0.25) is 0 Å². The van der Waals surface area contributed by atoms with Gasteiger partial charge in [0.1, 0.15) is 12.2 Å². The molecule has 3 nitrogen and oxygen atoms in total. The van der Waals surface area contributed by atoms with Crippen molar-refractivity contribution in [2.75, 3.05) is 0 Å². The number of nitrogens with zero attached hydrogens (tertiary/aromatic N) is 3. The molecule has 3 heteroatoms. The van der Waals surface area contributed by atoms with Crippen LogP contribution >= 0.6 is 0 Å². The predicted octanol–water partition coefficient (Wildman–Crippen LogP) is 2.45. The van der Waals surface area contributed by atoms with Gasteiger partial charge in [-0.2, -0.15) is 0 Å². The molecule has 1 aliphatic carbocycles. The lowest BCUT2D eigenvalue weighted by molar-refractivity contribution is 0.457. The van der Waals surface area contributed by atoms with Gasteiger partial charge in [0.25, 0.3) is 0 Å². The lowest BCUT2D eigenvalue weighted by Crippen LogP contribution is -2.02. The molecule has 1 aliphatic rings. The Morgan fingerprint density at radius 2 is 1.86 bits per heavy atom. The smallest absolute Gasteiger partial charge is 0.137 e. The average Bonchev–Trinajstić information content (AvgIpc) is 2.51. The second kappa shape index (κ2) is 2.59. The van der Waals surface area contributed by atoms with Crippen LogP contribution in [0, 0.1) is 10.8 Å². The molecule has 14 heavy (non-hydrogen) atoms. The third-order valence-electron chi connectivity index (χ3n) is 4.27. The van der Waals surface area contributed by atoms with Crippen molar-refractivity contribution in [2.24, 2.45) is 10.8 Å². The topological polar surface area (TPSA) is 30.7 Å². The van der Waals surface area contributed by atoms with Gasteiger partial charge >= 0.3 is 0 Å². The minimum atomic E-state index is 0.354. The second-order valence-corrected chi connectivity index (χ2v) is 5.35. The van der Waals surface area contributed by atoms with E-state index >= 15 is 0 Å². The summed E-state index contributed by atoms with van der Waals surface area (Å²) in [5.74, 6) is 1.71. The number of aryl methyl sites for hydroxylation is 1. The van der Waals surface area contributed by atoms with Crippen LogP contribution in [0.5, 0.6) is 0 Å². The van der Waals surface area contributed by atoms with Crippen LogP contribution in [0.3, 0.4) is 0 Å². The van der Waals surface area contributed by atoms with Gasteiger partial charge in [0.05, 0.1) is 0 Å². The van der Waals surface area contributed by atoms with Gasteiger partial charge in [-0.1, -0.05) is 27.7 Å². The molecule has 1 heterocycles. The maximum Gasteiger partial charge on any atom is 0.137 e.